The van der Waals surface area contributed by atoms with E-state index in [1.165, 1.54) is 12.3 Å². The van der Waals surface area contributed by atoms with Gasteiger partial charge < -0.3 is 10.6 Å². The second-order valence-electron chi connectivity index (χ2n) is 6.40. The summed E-state index contributed by atoms with van der Waals surface area (Å²) in [5.41, 5.74) is 1.87. The lowest BCUT2D eigenvalue weighted by molar-refractivity contribution is 0.367. The summed E-state index contributed by atoms with van der Waals surface area (Å²) in [5.74, 6) is -9.74. The van der Waals surface area contributed by atoms with Crippen molar-refractivity contribution >= 4 is 28.8 Å². The zero-order valence-electron chi connectivity index (χ0n) is 15.3. The molecule has 0 spiro atoms. The molecule has 1 aromatic heterocycles. The minimum absolute atomic E-state index is 0.219. The third-order valence-electron chi connectivity index (χ3n) is 3.98. The van der Waals surface area contributed by atoms with E-state index in [2.05, 4.69) is 15.7 Å². The average molecular weight is 426 g/mol. The Bertz CT molecular complexity index is 1050. The van der Waals surface area contributed by atoms with Crippen molar-refractivity contribution in [1.82, 2.24) is 9.78 Å². The number of thiocarbonyl (C=S) groups is 1. The summed E-state index contributed by atoms with van der Waals surface area (Å²) in [6.07, 6.45) is 1.32. The first-order valence-corrected chi connectivity index (χ1v) is 8.76. The van der Waals surface area contributed by atoms with Crippen LogP contribution in [0.4, 0.5) is 33.5 Å². The normalized spacial score (nSPS) is 10.9. The van der Waals surface area contributed by atoms with Crippen LogP contribution in [0, 0.1) is 42.9 Å². The Hall–Kier alpha value is -3.01. The molecule has 10 heteroatoms. The molecular formula is C19H15F5N4S. The van der Waals surface area contributed by atoms with Crippen LogP contribution in [0.25, 0.3) is 0 Å². The van der Waals surface area contributed by atoms with Crippen molar-refractivity contribution in [3.05, 3.63) is 76.2 Å². The predicted octanol–water partition coefficient (Wildman–Crippen LogP) is 5.05. The minimum atomic E-state index is -2.20. The fourth-order valence-corrected chi connectivity index (χ4v) is 3.02. The summed E-state index contributed by atoms with van der Waals surface area (Å²) in [4.78, 5) is 0. The van der Waals surface area contributed by atoms with Gasteiger partial charge in [-0.2, -0.15) is 5.10 Å². The molecule has 0 amide bonds. The molecule has 0 aliphatic carbocycles. The van der Waals surface area contributed by atoms with E-state index in [1.807, 2.05) is 32.0 Å². The van der Waals surface area contributed by atoms with Crippen LogP contribution >= 0.6 is 12.2 Å². The van der Waals surface area contributed by atoms with Crippen molar-refractivity contribution in [3.8, 4) is 0 Å². The molecule has 152 valence electrons. The Kier molecular flexibility index (Phi) is 5.83. The van der Waals surface area contributed by atoms with Gasteiger partial charge in [-0.25, -0.2) is 22.0 Å². The average Bonchev–Trinajstić information content (AvgIpc) is 3.08. The number of benzene rings is 2. The molecule has 4 nitrogen and oxygen atoms in total. The number of aromatic nitrogens is 2. The van der Waals surface area contributed by atoms with E-state index in [-0.39, 0.29) is 10.9 Å². The Morgan fingerprint density at radius 2 is 1.45 bits per heavy atom. The maximum Gasteiger partial charge on any atom is 0.200 e. The van der Waals surface area contributed by atoms with E-state index in [0.29, 0.717) is 0 Å². The summed E-state index contributed by atoms with van der Waals surface area (Å²) in [6.45, 7) is 3.23. The molecule has 29 heavy (non-hydrogen) atoms. The number of halogens is 5. The molecule has 2 N–H and O–H groups in total. The highest BCUT2D eigenvalue weighted by Gasteiger charge is 2.25. The van der Waals surface area contributed by atoms with Gasteiger partial charge in [-0.15, -0.1) is 0 Å². The summed E-state index contributed by atoms with van der Waals surface area (Å²) in [7, 11) is 0. The van der Waals surface area contributed by atoms with Crippen molar-refractivity contribution in [2.75, 3.05) is 10.6 Å². The Labute approximate surface area is 168 Å². The molecule has 0 saturated carbocycles. The molecule has 0 radical (unpaired) electrons. The molecular weight excluding hydrogens is 411 g/mol. The van der Waals surface area contributed by atoms with Gasteiger partial charge in [0, 0.05) is 18.0 Å². The topological polar surface area (TPSA) is 41.9 Å². The minimum Gasteiger partial charge on any atom is -0.332 e. The quantitative estimate of drug-likeness (QED) is 0.265. The first-order valence-electron chi connectivity index (χ1n) is 8.35. The summed E-state index contributed by atoms with van der Waals surface area (Å²) in [5, 5.41) is 9.98. The van der Waals surface area contributed by atoms with Gasteiger partial charge in [-0.05, 0) is 49.3 Å². The number of anilines is 2. The lowest BCUT2D eigenvalue weighted by Gasteiger charge is -2.10. The van der Waals surface area contributed by atoms with Gasteiger partial charge in [-0.3, -0.25) is 4.68 Å². The number of hydrogen-bond acceptors (Lipinski definition) is 2. The van der Waals surface area contributed by atoms with Gasteiger partial charge >= 0.3 is 0 Å². The largest absolute Gasteiger partial charge is 0.332 e. The van der Waals surface area contributed by atoms with Crippen LogP contribution in [-0.4, -0.2) is 14.9 Å². The molecule has 3 rings (SSSR count). The van der Waals surface area contributed by atoms with Crippen molar-refractivity contribution in [1.29, 1.82) is 0 Å². The van der Waals surface area contributed by atoms with Gasteiger partial charge in [0.05, 0.1) is 12.1 Å². The summed E-state index contributed by atoms with van der Waals surface area (Å²) in [6, 6.07) is 7.23. The van der Waals surface area contributed by atoms with Crippen LogP contribution < -0.4 is 10.6 Å². The third kappa shape index (κ3) is 4.53. The number of nitrogens with zero attached hydrogens (tertiary/aromatic N) is 2. The molecule has 0 aliphatic heterocycles. The maximum absolute atomic E-state index is 13.8. The van der Waals surface area contributed by atoms with Crippen molar-refractivity contribution in [2.45, 2.75) is 20.4 Å². The van der Waals surface area contributed by atoms with Gasteiger partial charge in [0.15, 0.2) is 34.2 Å². The SMILES string of the molecule is Cc1cc(C)cc(NC(=S)Nc2ccn(Cc3c(F)c(F)c(F)c(F)c3F)n2)c1. The molecule has 2 aromatic carbocycles. The first-order chi connectivity index (χ1) is 13.7. The lowest BCUT2D eigenvalue weighted by Crippen LogP contribution is -2.19. The van der Waals surface area contributed by atoms with E-state index < -0.39 is 41.2 Å². The zero-order chi connectivity index (χ0) is 21.3. The molecule has 0 bridgehead atoms. The standard InChI is InChI=1S/C19H15F5N4S/c1-9-5-10(2)7-11(6-9)25-19(29)26-13-3-4-28(27-13)8-12-14(20)16(22)18(24)17(23)15(12)21/h3-7H,8H2,1-2H3,(H2,25,26,27,29). The monoisotopic (exact) mass is 426 g/mol. The van der Waals surface area contributed by atoms with Crippen LogP contribution in [-0.2, 0) is 6.54 Å². The number of rotatable bonds is 4. The molecule has 0 atom stereocenters. The maximum atomic E-state index is 13.8. The molecule has 0 saturated heterocycles. The van der Waals surface area contributed by atoms with E-state index >= 15 is 0 Å². The zero-order valence-corrected chi connectivity index (χ0v) is 16.1. The lowest BCUT2D eigenvalue weighted by atomic mass is 10.1. The molecule has 0 aliphatic rings. The van der Waals surface area contributed by atoms with E-state index in [9.17, 15) is 22.0 Å². The van der Waals surface area contributed by atoms with Crippen LogP contribution in [0.15, 0.2) is 30.5 Å². The summed E-state index contributed by atoms with van der Waals surface area (Å²) < 4.78 is 68.4. The number of nitrogens with one attached hydrogen (secondary N) is 2. The fourth-order valence-electron chi connectivity index (χ4n) is 2.79. The second-order valence-corrected chi connectivity index (χ2v) is 6.81. The first kappa shape index (κ1) is 20.7. The van der Waals surface area contributed by atoms with Crippen LogP contribution in [0.3, 0.4) is 0 Å². The van der Waals surface area contributed by atoms with Crippen molar-refractivity contribution in [3.63, 3.8) is 0 Å². The van der Waals surface area contributed by atoms with Gasteiger partial charge in [0.2, 0.25) is 5.82 Å². The van der Waals surface area contributed by atoms with Crippen molar-refractivity contribution < 1.29 is 22.0 Å². The van der Waals surface area contributed by atoms with Crippen LogP contribution in [0.1, 0.15) is 16.7 Å². The van der Waals surface area contributed by atoms with Gasteiger partial charge in [0.1, 0.15) is 0 Å². The van der Waals surface area contributed by atoms with Crippen LogP contribution in [0.2, 0.25) is 0 Å². The number of hydrogen-bond donors (Lipinski definition) is 2. The Balaban J connectivity index is 1.72. The van der Waals surface area contributed by atoms with Gasteiger partial charge in [-0.1, -0.05) is 6.07 Å². The second kappa shape index (κ2) is 8.16. The third-order valence-corrected chi connectivity index (χ3v) is 4.19. The van der Waals surface area contributed by atoms with Crippen LogP contribution in [0.5, 0.6) is 0 Å². The highest BCUT2D eigenvalue weighted by atomic mass is 32.1. The Morgan fingerprint density at radius 1 is 0.897 bits per heavy atom. The van der Waals surface area contributed by atoms with Gasteiger partial charge in [0.25, 0.3) is 0 Å². The smallest absolute Gasteiger partial charge is 0.200 e. The highest BCUT2D eigenvalue weighted by Crippen LogP contribution is 2.24. The van der Waals surface area contributed by atoms with E-state index in [4.69, 9.17) is 12.2 Å². The molecule has 0 unspecified atom stereocenters. The number of aryl methyl sites for hydroxylation is 2. The fraction of sp³-hybridized carbons (Fsp3) is 0.158. The van der Waals surface area contributed by atoms with E-state index in [1.54, 1.807) is 0 Å². The highest BCUT2D eigenvalue weighted by molar-refractivity contribution is 7.80. The van der Waals surface area contributed by atoms with E-state index in [0.717, 1.165) is 21.5 Å². The van der Waals surface area contributed by atoms with Crippen molar-refractivity contribution in [2.24, 2.45) is 0 Å². The Morgan fingerprint density at radius 3 is 2.03 bits per heavy atom. The predicted molar refractivity (Wildman–Crippen MR) is 103 cm³/mol. The molecule has 1 heterocycles. The summed E-state index contributed by atoms with van der Waals surface area (Å²) >= 11 is 5.20. The molecule has 3 aromatic rings. The molecule has 0 fully saturated rings.